The van der Waals surface area contributed by atoms with Crippen molar-refractivity contribution in [2.45, 2.75) is 63.6 Å². The van der Waals surface area contributed by atoms with Crippen molar-refractivity contribution in [1.82, 2.24) is 0 Å². The maximum absolute atomic E-state index is 10.0. The average molecular weight is 318 g/mol. The van der Waals surface area contributed by atoms with E-state index in [-0.39, 0.29) is 24.9 Å². The lowest BCUT2D eigenvalue weighted by Gasteiger charge is -2.18. The molecule has 2 saturated heterocycles. The van der Waals surface area contributed by atoms with Crippen LogP contribution < -0.4 is 5.73 Å². The maximum Gasteiger partial charge on any atom is 0.294 e. The van der Waals surface area contributed by atoms with E-state index >= 15 is 0 Å². The van der Waals surface area contributed by atoms with Crippen molar-refractivity contribution in [3.05, 3.63) is 10.1 Å². The van der Waals surface area contributed by atoms with Crippen LogP contribution in [0.1, 0.15) is 33.6 Å². The van der Waals surface area contributed by atoms with E-state index in [1.807, 2.05) is 6.92 Å². The first-order valence-electron chi connectivity index (χ1n) is 7.04. The summed E-state index contributed by atoms with van der Waals surface area (Å²) in [7, 11) is 0. The molecule has 0 aromatic carbocycles. The number of nitrogens with zero attached hydrogens (tertiary/aromatic N) is 1. The number of terminal acetylenes is 1. The minimum Gasteiger partial charge on any atom is -0.390 e. The number of ether oxygens (including phenoxy) is 2. The summed E-state index contributed by atoms with van der Waals surface area (Å²) in [6.07, 6.45) is 8.69. The van der Waals surface area contributed by atoms with E-state index in [1.54, 1.807) is 13.8 Å². The van der Waals surface area contributed by atoms with E-state index in [0.717, 1.165) is 6.42 Å². The van der Waals surface area contributed by atoms with Crippen molar-refractivity contribution < 1.29 is 24.5 Å². The smallest absolute Gasteiger partial charge is 0.294 e. The third-order valence-corrected chi connectivity index (χ3v) is 2.96. The quantitative estimate of drug-likeness (QED) is 0.440. The third kappa shape index (κ3) is 8.14. The number of hydrogen-bond acceptors (Lipinski definition) is 7. The lowest BCUT2D eigenvalue weighted by molar-refractivity contribution is -0.769. The van der Waals surface area contributed by atoms with Gasteiger partial charge in [-0.3, -0.25) is 0 Å². The fourth-order valence-corrected chi connectivity index (χ4v) is 2.42. The zero-order valence-electron chi connectivity index (χ0n) is 13.3. The Labute approximate surface area is 131 Å². The molecule has 0 amide bonds. The van der Waals surface area contributed by atoms with Crippen molar-refractivity contribution in [3.8, 4) is 12.8 Å². The van der Waals surface area contributed by atoms with Crippen LogP contribution in [0, 0.1) is 23.0 Å². The van der Waals surface area contributed by atoms with Crippen molar-refractivity contribution >= 4 is 0 Å². The Kier molecular flexibility index (Phi) is 8.97. The van der Waals surface area contributed by atoms with Crippen LogP contribution in [0.3, 0.4) is 0 Å². The van der Waals surface area contributed by atoms with Gasteiger partial charge in [0.05, 0.1) is 18.3 Å². The first kappa shape index (κ1) is 20.6. The van der Waals surface area contributed by atoms with Gasteiger partial charge in [-0.15, -0.1) is 23.0 Å². The molecule has 2 aliphatic heterocycles. The first-order valence-corrected chi connectivity index (χ1v) is 7.04. The van der Waals surface area contributed by atoms with Crippen LogP contribution in [0.25, 0.3) is 0 Å². The molecule has 0 saturated carbocycles. The van der Waals surface area contributed by atoms with Gasteiger partial charge in [0.2, 0.25) is 0 Å². The fraction of sp³-hybridized carbons (Fsp3) is 0.857. The average Bonchev–Trinajstić information content (AvgIpc) is 2.94. The van der Waals surface area contributed by atoms with Crippen molar-refractivity contribution in [2.24, 2.45) is 5.73 Å². The minimum atomic E-state index is -0.794. The third-order valence-electron chi connectivity index (χ3n) is 2.96. The molecule has 0 radical (unpaired) electrons. The Morgan fingerprint density at radius 2 is 2.09 bits per heavy atom. The number of rotatable bonds is 4. The summed E-state index contributed by atoms with van der Waals surface area (Å²) in [5, 5.41) is 18.3. The topological polar surface area (TPSA) is 117 Å². The normalized spacial score (nSPS) is 27.5. The predicted molar refractivity (Wildman–Crippen MR) is 80.4 cm³/mol. The summed E-state index contributed by atoms with van der Waals surface area (Å²) < 4.78 is 10.5. The summed E-state index contributed by atoms with van der Waals surface area (Å²) in [6, 6.07) is 0.0926. The monoisotopic (exact) mass is 318 g/mol. The predicted octanol–water partition coefficient (Wildman–Crippen LogP) is 0.495. The fourth-order valence-electron chi connectivity index (χ4n) is 2.42. The molecule has 1 unspecified atom stereocenters. The van der Waals surface area contributed by atoms with E-state index in [1.165, 1.54) is 0 Å². The van der Waals surface area contributed by atoms with Crippen LogP contribution in [-0.2, 0) is 14.3 Å². The molecule has 8 nitrogen and oxygen atoms in total. The highest BCUT2D eigenvalue weighted by molar-refractivity contribution is 4.89. The molecule has 128 valence electrons. The Morgan fingerprint density at radius 3 is 2.50 bits per heavy atom. The molecule has 2 aliphatic rings. The summed E-state index contributed by atoms with van der Waals surface area (Å²) in [5.74, 6) is 0. The van der Waals surface area contributed by atoms with Gasteiger partial charge in [0.15, 0.2) is 6.10 Å². The highest BCUT2D eigenvalue weighted by Crippen LogP contribution is 2.28. The molecule has 2 rings (SSSR count). The molecule has 0 aromatic rings. The minimum absolute atomic E-state index is 0.00468. The van der Waals surface area contributed by atoms with Gasteiger partial charge in [0.25, 0.3) is 5.09 Å². The molecule has 0 spiro atoms. The molecule has 0 aliphatic carbocycles. The Morgan fingerprint density at radius 1 is 1.50 bits per heavy atom. The molecular weight excluding hydrogens is 292 g/mol. The summed E-state index contributed by atoms with van der Waals surface area (Å²) in [5.41, 5.74) is 4.82. The highest BCUT2D eigenvalue weighted by Gasteiger charge is 2.43. The molecule has 4 atom stereocenters. The summed E-state index contributed by atoms with van der Waals surface area (Å²) in [4.78, 5) is 14.4. The number of fused-ring (bicyclic) bond motifs is 1. The Bertz CT molecular complexity index is 353. The maximum atomic E-state index is 10.0. The van der Waals surface area contributed by atoms with Crippen LogP contribution in [0.2, 0.25) is 0 Å². The molecule has 2 fully saturated rings. The second-order valence-corrected chi connectivity index (χ2v) is 5.86. The lowest BCUT2D eigenvalue weighted by Crippen LogP contribution is -2.31. The number of aliphatic hydroxyl groups is 1. The van der Waals surface area contributed by atoms with E-state index < -0.39 is 16.8 Å². The molecule has 2 heterocycles. The molecular formula is C14H26N2O6. The van der Waals surface area contributed by atoms with Gasteiger partial charge in [-0.25, -0.2) is 0 Å². The van der Waals surface area contributed by atoms with Gasteiger partial charge in [-0.2, -0.15) is 0 Å². The second-order valence-electron chi connectivity index (χ2n) is 5.86. The summed E-state index contributed by atoms with van der Waals surface area (Å²) in [6.45, 7) is 6.27. The van der Waals surface area contributed by atoms with Gasteiger partial charge in [-0.1, -0.05) is 0 Å². The van der Waals surface area contributed by atoms with Gasteiger partial charge < -0.3 is 25.2 Å². The first-order chi connectivity index (χ1) is 10.2. The van der Waals surface area contributed by atoms with Crippen molar-refractivity contribution in [3.63, 3.8) is 0 Å². The Hall–Kier alpha value is -1.40. The summed E-state index contributed by atoms with van der Waals surface area (Å²) >= 11 is 0. The zero-order valence-corrected chi connectivity index (χ0v) is 13.3. The molecule has 0 aromatic heterocycles. The standard InChI is InChI=1S/C6H9NO5.C6H15NO.C2H2/c8-7(9)12-5-3-11-4-1-2-10-6(4)5;1-5(7)4-6(2,3)8;1-2/h4-6H,1-3H2;5,8H,4,7H2,1-3H3;1-2H/t4-,5-,6+;;/m1../s1. The number of nitrogens with two attached hydrogens (primary N) is 1. The molecule has 3 N–H and O–H groups in total. The van der Waals surface area contributed by atoms with Crippen LogP contribution in [-0.4, -0.2) is 53.4 Å². The van der Waals surface area contributed by atoms with Gasteiger partial charge >= 0.3 is 0 Å². The highest BCUT2D eigenvalue weighted by atomic mass is 17.0. The van der Waals surface area contributed by atoms with Crippen LogP contribution >= 0.6 is 0 Å². The van der Waals surface area contributed by atoms with Crippen LogP contribution in [0.15, 0.2) is 0 Å². The van der Waals surface area contributed by atoms with Gasteiger partial charge in [0, 0.05) is 12.6 Å². The number of hydrogen-bond donors (Lipinski definition) is 2. The largest absolute Gasteiger partial charge is 0.390 e. The SMILES string of the molecule is C#C.CC(N)CC(C)(C)O.O=[N+]([O-])O[C@@H]1CO[C@@H]2CCO[C@@H]21. The zero-order chi connectivity index (χ0) is 17.3. The van der Waals surface area contributed by atoms with Gasteiger partial charge in [-0.05, 0) is 33.6 Å². The van der Waals surface area contributed by atoms with Crippen molar-refractivity contribution in [2.75, 3.05) is 13.2 Å². The van der Waals surface area contributed by atoms with Crippen LogP contribution in [0.4, 0.5) is 0 Å². The lowest BCUT2D eigenvalue weighted by atomic mass is 10.0. The van der Waals surface area contributed by atoms with E-state index in [4.69, 9.17) is 20.3 Å². The van der Waals surface area contributed by atoms with Crippen molar-refractivity contribution in [1.29, 1.82) is 0 Å². The van der Waals surface area contributed by atoms with E-state index in [2.05, 4.69) is 17.7 Å². The van der Waals surface area contributed by atoms with E-state index in [0.29, 0.717) is 13.0 Å². The Balaban J connectivity index is 0.000000388. The molecule has 8 heteroatoms. The molecule has 0 bridgehead atoms. The van der Waals surface area contributed by atoms with Gasteiger partial charge in [0.1, 0.15) is 6.10 Å². The molecule has 22 heavy (non-hydrogen) atoms. The van der Waals surface area contributed by atoms with E-state index in [9.17, 15) is 10.1 Å². The second kappa shape index (κ2) is 9.58. The van der Waals surface area contributed by atoms with Crippen LogP contribution in [0.5, 0.6) is 0 Å².